The van der Waals surface area contributed by atoms with Crippen LogP contribution in [0.2, 0.25) is 0 Å². The monoisotopic (exact) mass is 407 g/mol. The molecule has 2 aromatic carbocycles. The lowest BCUT2D eigenvalue weighted by molar-refractivity contribution is 0.330. The first-order valence-electron chi connectivity index (χ1n) is 9.46. The van der Waals surface area contributed by atoms with Crippen molar-refractivity contribution in [1.29, 1.82) is 0 Å². The van der Waals surface area contributed by atoms with Gasteiger partial charge in [-0.05, 0) is 43.7 Å². The number of ether oxygens (including phenoxy) is 1. The summed E-state index contributed by atoms with van der Waals surface area (Å²) in [6, 6.07) is 10.9. The van der Waals surface area contributed by atoms with E-state index >= 15 is 0 Å². The molecule has 0 bridgehead atoms. The summed E-state index contributed by atoms with van der Waals surface area (Å²) in [5.74, 6) is -0.119. The van der Waals surface area contributed by atoms with Crippen LogP contribution in [0.1, 0.15) is 18.1 Å². The highest BCUT2D eigenvalue weighted by molar-refractivity contribution is 5.79. The molecule has 6 nitrogen and oxygen atoms in total. The molecule has 0 aliphatic rings. The highest BCUT2D eigenvalue weighted by atomic mass is 19.1. The number of nitrogens with zero attached hydrogens (tertiary/aromatic N) is 4. The molecule has 2 heterocycles. The average Bonchev–Trinajstić information content (AvgIpc) is 2.75. The predicted octanol–water partition coefficient (Wildman–Crippen LogP) is 4.68. The molecule has 30 heavy (non-hydrogen) atoms. The van der Waals surface area contributed by atoms with Crippen LogP contribution in [0.4, 0.5) is 14.7 Å². The minimum atomic E-state index is -0.384. The van der Waals surface area contributed by atoms with Crippen molar-refractivity contribution in [2.45, 2.75) is 20.4 Å². The first kappa shape index (κ1) is 19.6. The van der Waals surface area contributed by atoms with Crippen LogP contribution in [-0.2, 0) is 6.54 Å². The van der Waals surface area contributed by atoms with Gasteiger partial charge in [-0.25, -0.2) is 18.7 Å². The van der Waals surface area contributed by atoms with Gasteiger partial charge in [-0.1, -0.05) is 23.8 Å². The summed E-state index contributed by atoms with van der Waals surface area (Å²) in [7, 11) is 0. The zero-order chi connectivity index (χ0) is 21.1. The van der Waals surface area contributed by atoms with Crippen LogP contribution < -0.4 is 10.1 Å². The van der Waals surface area contributed by atoms with E-state index in [0.717, 1.165) is 11.1 Å². The van der Waals surface area contributed by atoms with Gasteiger partial charge in [0.1, 0.15) is 11.6 Å². The summed E-state index contributed by atoms with van der Waals surface area (Å²) in [6.45, 7) is 4.48. The van der Waals surface area contributed by atoms with Crippen molar-refractivity contribution >= 4 is 17.1 Å². The van der Waals surface area contributed by atoms with Crippen LogP contribution in [-0.4, -0.2) is 26.5 Å². The minimum Gasteiger partial charge on any atom is -0.476 e. The number of fused-ring (bicyclic) bond motifs is 1. The van der Waals surface area contributed by atoms with Crippen molar-refractivity contribution in [2.24, 2.45) is 0 Å². The molecule has 0 aliphatic heterocycles. The fourth-order valence-electron chi connectivity index (χ4n) is 2.95. The van der Waals surface area contributed by atoms with Gasteiger partial charge in [-0.3, -0.25) is 0 Å². The van der Waals surface area contributed by atoms with Gasteiger partial charge in [0.05, 0.1) is 18.5 Å². The van der Waals surface area contributed by atoms with Gasteiger partial charge in [0.25, 0.3) is 0 Å². The first-order chi connectivity index (χ1) is 14.5. The molecule has 0 saturated carbocycles. The number of nitrogens with one attached hydrogen (secondary N) is 1. The molecule has 8 heteroatoms. The molecular formula is C22H19F2N5O. The highest BCUT2D eigenvalue weighted by Gasteiger charge is 2.15. The van der Waals surface area contributed by atoms with Gasteiger partial charge in [-0.2, -0.15) is 9.97 Å². The van der Waals surface area contributed by atoms with E-state index in [2.05, 4.69) is 25.3 Å². The second-order valence-electron chi connectivity index (χ2n) is 6.68. The lowest BCUT2D eigenvalue weighted by Gasteiger charge is -2.11. The van der Waals surface area contributed by atoms with Crippen molar-refractivity contribution in [2.75, 3.05) is 11.9 Å². The van der Waals surface area contributed by atoms with E-state index in [0.29, 0.717) is 41.5 Å². The Balaban J connectivity index is 1.69. The van der Waals surface area contributed by atoms with Crippen molar-refractivity contribution in [1.82, 2.24) is 19.9 Å². The van der Waals surface area contributed by atoms with E-state index in [9.17, 15) is 8.78 Å². The summed E-state index contributed by atoms with van der Waals surface area (Å²) in [5, 5.41) is 3.08. The molecule has 2 aromatic heterocycles. The van der Waals surface area contributed by atoms with Gasteiger partial charge in [0.2, 0.25) is 11.8 Å². The number of hydrogen-bond acceptors (Lipinski definition) is 6. The molecule has 0 aliphatic carbocycles. The Kier molecular flexibility index (Phi) is 5.47. The second-order valence-corrected chi connectivity index (χ2v) is 6.68. The smallest absolute Gasteiger partial charge is 0.247 e. The molecule has 0 spiro atoms. The number of anilines is 1. The van der Waals surface area contributed by atoms with Crippen molar-refractivity contribution < 1.29 is 13.5 Å². The van der Waals surface area contributed by atoms with Crippen LogP contribution >= 0.6 is 0 Å². The van der Waals surface area contributed by atoms with E-state index in [4.69, 9.17) is 4.74 Å². The SMILES string of the molecule is CCOc1nc(NCc2ccc(F)cc2)nc2ncc(-c3cc(C)ccc3F)nc12. The van der Waals surface area contributed by atoms with E-state index in [1.54, 1.807) is 24.3 Å². The van der Waals surface area contributed by atoms with Gasteiger partial charge in [-0.15, -0.1) is 0 Å². The number of aromatic nitrogens is 4. The summed E-state index contributed by atoms with van der Waals surface area (Å²) in [6.07, 6.45) is 1.48. The highest BCUT2D eigenvalue weighted by Crippen LogP contribution is 2.27. The van der Waals surface area contributed by atoms with Crippen molar-refractivity contribution in [3.63, 3.8) is 0 Å². The van der Waals surface area contributed by atoms with E-state index in [1.807, 2.05) is 13.8 Å². The third kappa shape index (κ3) is 4.17. The molecule has 0 atom stereocenters. The van der Waals surface area contributed by atoms with E-state index < -0.39 is 0 Å². The van der Waals surface area contributed by atoms with Crippen LogP contribution in [0.25, 0.3) is 22.4 Å². The number of rotatable bonds is 6. The zero-order valence-corrected chi connectivity index (χ0v) is 16.5. The number of halogens is 2. The molecule has 4 aromatic rings. The molecule has 0 radical (unpaired) electrons. The Hall–Kier alpha value is -3.68. The van der Waals surface area contributed by atoms with Crippen molar-refractivity contribution in [3.05, 3.63) is 71.4 Å². The molecule has 0 amide bonds. The maximum atomic E-state index is 14.3. The predicted molar refractivity (Wildman–Crippen MR) is 110 cm³/mol. The molecule has 0 saturated heterocycles. The fourth-order valence-corrected chi connectivity index (χ4v) is 2.95. The largest absolute Gasteiger partial charge is 0.476 e. The van der Waals surface area contributed by atoms with Gasteiger partial charge in [0, 0.05) is 12.1 Å². The standard InChI is InChI=1S/C22H19F2N5O/c1-3-30-21-19-20(25-12-18(27-19)16-10-13(2)4-9-17(16)24)28-22(29-21)26-11-14-5-7-15(23)8-6-14/h4-10,12H,3,11H2,1-2H3,(H,25,26,28,29). The number of benzene rings is 2. The Morgan fingerprint density at radius 1 is 1.00 bits per heavy atom. The zero-order valence-electron chi connectivity index (χ0n) is 16.5. The lowest BCUT2D eigenvalue weighted by Crippen LogP contribution is -2.07. The maximum absolute atomic E-state index is 14.3. The molecule has 0 unspecified atom stereocenters. The molecule has 152 valence electrons. The third-order valence-electron chi connectivity index (χ3n) is 4.42. The Morgan fingerprint density at radius 2 is 1.80 bits per heavy atom. The van der Waals surface area contributed by atoms with Crippen LogP contribution in [0.5, 0.6) is 5.88 Å². The number of aryl methyl sites for hydroxylation is 1. The van der Waals surface area contributed by atoms with E-state index in [-0.39, 0.29) is 17.5 Å². The fraction of sp³-hybridized carbons (Fsp3) is 0.182. The summed E-state index contributed by atoms with van der Waals surface area (Å²) in [5.41, 5.74) is 3.18. The topological polar surface area (TPSA) is 72.8 Å². The summed E-state index contributed by atoms with van der Waals surface area (Å²) in [4.78, 5) is 17.6. The normalized spacial score (nSPS) is 10.9. The Labute approximate surface area is 172 Å². The molecule has 0 fully saturated rings. The lowest BCUT2D eigenvalue weighted by atomic mass is 10.1. The summed E-state index contributed by atoms with van der Waals surface area (Å²) >= 11 is 0. The molecule has 4 rings (SSSR count). The van der Waals surface area contributed by atoms with Crippen LogP contribution in [0.3, 0.4) is 0 Å². The number of hydrogen-bond donors (Lipinski definition) is 1. The van der Waals surface area contributed by atoms with Gasteiger partial charge >= 0.3 is 0 Å². The Morgan fingerprint density at radius 3 is 2.57 bits per heavy atom. The first-order valence-corrected chi connectivity index (χ1v) is 9.46. The van der Waals surface area contributed by atoms with Crippen LogP contribution in [0.15, 0.2) is 48.7 Å². The molecular weight excluding hydrogens is 388 g/mol. The average molecular weight is 407 g/mol. The summed E-state index contributed by atoms with van der Waals surface area (Å²) < 4.78 is 33.0. The molecule has 1 N–H and O–H groups in total. The van der Waals surface area contributed by atoms with Crippen molar-refractivity contribution in [3.8, 4) is 17.1 Å². The third-order valence-corrected chi connectivity index (χ3v) is 4.42. The maximum Gasteiger partial charge on any atom is 0.247 e. The van der Waals surface area contributed by atoms with Crippen LogP contribution in [0, 0.1) is 18.6 Å². The Bertz CT molecular complexity index is 1200. The van der Waals surface area contributed by atoms with Gasteiger partial charge in [0.15, 0.2) is 11.2 Å². The minimum absolute atomic E-state index is 0.256. The van der Waals surface area contributed by atoms with Gasteiger partial charge < -0.3 is 10.1 Å². The quantitative estimate of drug-likeness (QED) is 0.500. The second kappa shape index (κ2) is 8.36. The van der Waals surface area contributed by atoms with E-state index in [1.165, 1.54) is 24.4 Å².